The number of esters is 1. The van der Waals surface area contributed by atoms with E-state index < -0.39 is 17.2 Å². The van der Waals surface area contributed by atoms with Gasteiger partial charge in [0.2, 0.25) is 11.4 Å². The molecule has 0 radical (unpaired) electrons. The van der Waals surface area contributed by atoms with Gasteiger partial charge in [-0.1, -0.05) is 36.4 Å². The number of rotatable bonds is 1. The third-order valence-corrected chi connectivity index (χ3v) is 4.80. The molecule has 0 aromatic heterocycles. The molecule has 1 heterocycles. The number of Topliss-reactive ketones (excluding diaryl/α,β-unsaturated/α-hetero) is 1. The number of carbonyl (C=O) groups is 2. The summed E-state index contributed by atoms with van der Waals surface area (Å²) >= 11 is 0. The van der Waals surface area contributed by atoms with E-state index >= 15 is 0 Å². The molecule has 2 atom stereocenters. The van der Waals surface area contributed by atoms with Crippen molar-refractivity contribution in [1.82, 2.24) is 0 Å². The van der Waals surface area contributed by atoms with Crippen LogP contribution >= 0.6 is 0 Å². The van der Waals surface area contributed by atoms with Crippen LogP contribution in [0.3, 0.4) is 0 Å². The van der Waals surface area contributed by atoms with Crippen molar-refractivity contribution in [3.63, 3.8) is 0 Å². The molecule has 0 amide bonds. The maximum absolute atomic E-state index is 13.2. The lowest BCUT2D eigenvalue weighted by atomic mass is 9.80. The Morgan fingerprint density at radius 2 is 1.87 bits per heavy atom. The van der Waals surface area contributed by atoms with Crippen molar-refractivity contribution < 1.29 is 19.1 Å². The average Bonchev–Trinajstić information content (AvgIpc) is 2.84. The number of carbonyl (C=O) groups excluding carboxylic acids is 2. The SMILES string of the molecule is CC(=O)OC12C(=O)c3ccccc3C1(C)Oc1cc(C)ccc12. The van der Waals surface area contributed by atoms with E-state index in [1.54, 1.807) is 12.1 Å². The van der Waals surface area contributed by atoms with Crippen LogP contribution in [0.1, 0.15) is 40.9 Å². The number of benzene rings is 2. The van der Waals surface area contributed by atoms with E-state index in [9.17, 15) is 9.59 Å². The van der Waals surface area contributed by atoms with Crippen molar-refractivity contribution >= 4 is 11.8 Å². The van der Waals surface area contributed by atoms with Gasteiger partial charge in [-0.05, 0) is 25.5 Å². The van der Waals surface area contributed by atoms with E-state index in [2.05, 4.69) is 0 Å². The van der Waals surface area contributed by atoms with Crippen LogP contribution in [0, 0.1) is 6.92 Å². The summed E-state index contributed by atoms with van der Waals surface area (Å²) in [7, 11) is 0. The average molecular weight is 308 g/mol. The number of hydrogen-bond donors (Lipinski definition) is 0. The van der Waals surface area contributed by atoms with Crippen molar-refractivity contribution in [2.45, 2.75) is 32.0 Å². The summed E-state index contributed by atoms with van der Waals surface area (Å²) in [5.41, 5.74) is 0.421. The van der Waals surface area contributed by atoms with Crippen LogP contribution in [0.2, 0.25) is 0 Å². The topological polar surface area (TPSA) is 52.6 Å². The summed E-state index contributed by atoms with van der Waals surface area (Å²) < 4.78 is 11.9. The predicted molar refractivity (Wildman–Crippen MR) is 83.4 cm³/mol. The zero-order chi connectivity index (χ0) is 16.4. The lowest BCUT2D eigenvalue weighted by molar-refractivity contribution is -0.168. The van der Waals surface area contributed by atoms with Crippen molar-refractivity contribution in [1.29, 1.82) is 0 Å². The van der Waals surface area contributed by atoms with E-state index in [1.807, 2.05) is 44.2 Å². The van der Waals surface area contributed by atoms with Crippen LogP contribution in [0.4, 0.5) is 0 Å². The highest BCUT2D eigenvalue weighted by atomic mass is 16.6. The van der Waals surface area contributed by atoms with Crippen LogP contribution in [0.15, 0.2) is 42.5 Å². The number of ketones is 1. The van der Waals surface area contributed by atoms with Crippen LogP contribution in [0.25, 0.3) is 0 Å². The molecule has 0 N–H and O–H groups in total. The fraction of sp³-hybridized carbons (Fsp3) is 0.263. The molecule has 0 saturated carbocycles. The standard InChI is InChI=1S/C19H16O4/c1-11-8-9-15-16(10-11)23-18(3)14-7-5-4-6-13(14)17(21)19(15,18)22-12(2)20/h4-10H,1-3H3. The maximum Gasteiger partial charge on any atom is 0.304 e. The van der Waals surface area contributed by atoms with Crippen molar-refractivity contribution in [3.05, 3.63) is 64.7 Å². The summed E-state index contributed by atoms with van der Waals surface area (Å²) in [6, 6.07) is 12.9. The minimum absolute atomic E-state index is 0.228. The summed E-state index contributed by atoms with van der Waals surface area (Å²) in [4.78, 5) is 25.1. The van der Waals surface area contributed by atoms with Gasteiger partial charge >= 0.3 is 5.97 Å². The highest BCUT2D eigenvalue weighted by Crippen LogP contribution is 2.61. The second kappa shape index (κ2) is 4.22. The fourth-order valence-electron chi connectivity index (χ4n) is 3.84. The van der Waals surface area contributed by atoms with Gasteiger partial charge in [-0.2, -0.15) is 0 Å². The van der Waals surface area contributed by atoms with Crippen molar-refractivity contribution in [2.75, 3.05) is 0 Å². The Morgan fingerprint density at radius 3 is 2.61 bits per heavy atom. The smallest absolute Gasteiger partial charge is 0.304 e. The van der Waals surface area contributed by atoms with E-state index in [4.69, 9.17) is 9.47 Å². The molecular formula is C19H16O4. The molecular weight excluding hydrogens is 292 g/mol. The minimum atomic E-state index is -1.45. The molecule has 2 aromatic rings. The molecule has 0 bridgehead atoms. The first-order valence-corrected chi connectivity index (χ1v) is 7.54. The van der Waals surface area contributed by atoms with Crippen molar-refractivity contribution in [3.8, 4) is 5.75 Å². The lowest BCUT2D eigenvalue weighted by Gasteiger charge is -2.34. The zero-order valence-corrected chi connectivity index (χ0v) is 13.2. The Balaban J connectivity index is 2.06. The Bertz CT molecular complexity index is 869. The van der Waals surface area contributed by atoms with Gasteiger partial charge in [0.05, 0.1) is 5.56 Å². The summed E-state index contributed by atoms with van der Waals surface area (Å²) in [5.74, 6) is -0.139. The lowest BCUT2D eigenvalue weighted by Crippen LogP contribution is -2.49. The first-order chi connectivity index (χ1) is 10.9. The minimum Gasteiger partial charge on any atom is -0.477 e. The van der Waals surface area contributed by atoms with E-state index in [0.29, 0.717) is 16.9 Å². The van der Waals surface area contributed by atoms with Gasteiger partial charge in [0.15, 0.2) is 5.60 Å². The largest absolute Gasteiger partial charge is 0.477 e. The highest BCUT2D eigenvalue weighted by Gasteiger charge is 2.71. The number of ether oxygens (including phenoxy) is 2. The fourth-order valence-corrected chi connectivity index (χ4v) is 3.84. The van der Waals surface area contributed by atoms with Gasteiger partial charge in [-0.15, -0.1) is 0 Å². The summed E-state index contributed by atoms with van der Waals surface area (Å²) in [6.07, 6.45) is 0. The molecule has 4 heteroatoms. The van der Waals surface area contributed by atoms with E-state index in [1.165, 1.54) is 6.92 Å². The highest BCUT2D eigenvalue weighted by molar-refractivity contribution is 6.11. The molecule has 2 unspecified atom stereocenters. The molecule has 0 spiro atoms. The van der Waals surface area contributed by atoms with Gasteiger partial charge in [-0.25, -0.2) is 0 Å². The molecule has 2 aliphatic rings. The molecule has 116 valence electrons. The van der Waals surface area contributed by atoms with Gasteiger partial charge in [0.1, 0.15) is 5.75 Å². The molecule has 0 saturated heterocycles. The molecule has 1 aliphatic heterocycles. The molecule has 4 rings (SSSR count). The molecule has 0 fully saturated rings. The number of aryl methyl sites for hydroxylation is 1. The zero-order valence-electron chi connectivity index (χ0n) is 13.2. The van der Waals surface area contributed by atoms with Gasteiger partial charge < -0.3 is 9.47 Å². The van der Waals surface area contributed by atoms with E-state index in [0.717, 1.165) is 11.1 Å². The van der Waals surface area contributed by atoms with Crippen LogP contribution in [-0.2, 0) is 20.7 Å². The molecule has 4 nitrogen and oxygen atoms in total. The van der Waals surface area contributed by atoms with Gasteiger partial charge in [0.25, 0.3) is 0 Å². The second-order valence-corrected chi connectivity index (χ2v) is 6.28. The van der Waals surface area contributed by atoms with Crippen LogP contribution in [-0.4, -0.2) is 11.8 Å². The first kappa shape index (κ1) is 14.0. The predicted octanol–water partition coefficient (Wildman–Crippen LogP) is 3.26. The Labute approximate surface area is 134 Å². The summed E-state index contributed by atoms with van der Waals surface area (Å²) in [5, 5.41) is 0. The van der Waals surface area contributed by atoms with Gasteiger partial charge in [-0.3, -0.25) is 9.59 Å². The third kappa shape index (κ3) is 1.50. The monoisotopic (exact) mass is 308 g/mol. The Hall–Kier alpha value is -2.62. The Morgan fingerprint density at radius 1 is 1.13 bits per heavy atom. The number of hydrogen-bond acceptors (Lipinski definition) is 4. The first-order valence-electron chi connectivity index (χ1n) is 7.54. The molecule has 2 aromatic carbocycles. The quantitative estimate of drug-likeness (QED) is 0.759. The van der Waals surface area contributed by atoms with E-state index in [-0.39, 0.29) is 5.78 Å². The maximum atomic E-state index is 13.2. The van der Waals surface area contributed by atoms with Crippen molar-refractivity contribution in [2.24, 2.45) is 0 Å². The van der Waals surface area contributed by atoms with Gasteiger partial charge in [0, 0.05) is 18.1 Å². The number of fused-ring (bicyclic) bond motifs is 5. The second-order valence-electron chi connectivity index (χ2n) is 6.28. The third-order valence-electron chi connectivity index (χ3n) is 4.80. The molecule has 1 aliphatic carbocycles. The van der Waals surface area contributed by atoms with Crippen LogP contribution in [0.5, 0.6) is 5.75 Å². The molecule has 23 heavy (non-hydrogen) atoms. The van der Waals surface area contributed by atoms with Crippen LogP contribution < -0.4 is 4.74 Å². The summed E-state index contributed by atoms with van der Waals surface area (Å²) in [6.45, 7) is 5.08. The Kier molecular flexibility index (Phi) is 2.57. The normalized spacial score (nSPS) is 27.0.